The van der Waals surface area contributed by atoms with Crippen molar-refractivity contribution >= 4 is 70.5 Å². The smallest absolute Gasteiger partial charge is 0.330 e. The number of primary amides is 1. The van der Waals surface area contributed by atoms with Crippen molar-refractivity contribution in [2.45, 2.75) is 156 Å². The Labute approximate surface area is 597 Å². The molecule has 0 spiro atoms. The van der Waals surface area contributed by atoms with E-state index in [1.807, 2.05) is 13.8 Å². The highest BCUT2D eigenvalue weighted by Gasteiger charge is 2.52. The fourth-order valence-corrected chi connectivity index (χ4v) is 13.3. The molecule has 5 aromatic carbocycles. The van der Waals surface area contributed by atoms with E-state index in [9.17, 15) is 75.0 Å². The molecule has 7 amide bonds. The van der Waals surface area contributed by atoms with Crippen LogP contribution in [0, 0.1) is 5.92 Å². The molecule has 11 bridgehead atoms. The van der Waals surface area contributed by atoms with E-state index in [2.05, 4.69) is 37.2 Å². The number of amides is 7. The van der Waals surface area contributed by atoms with E-state index in [0.717, 1.165) is 66.7 Å². The molecular formula is C68H79Cl2N9O24. The number of fused-ring (bicyclic) bond motifs is 15. The highest BCUT2D eigenvalue weighted by Crippen LogP contribution is 2.50. The van der Waals surface area contributed by atoms with E-state index in [1.54, 1.807) is 39.9 Å². The zero-order chi connectivity index (χ0) is 75.1. The van der Waals surface area contributed by atoms with Gasteiger partial charge in [0, 0.05) is 34.7 Å². The number of nitrogens with zero attached hydrogens (tertiary/aromatic N) is 1. The molecule has 9 unspecified atom stereocenters. The Morgan fingerprint density at radius 3 is 1.90 bits per heavy atom. The quantitative estimate of drug-likeness (QED) is 0.0728. The van der Waals surface area contributed by atoms with Gasteiger partial charge in [-0.3, -0.25) is 38.5 Å². The minimum Gasteiger partial charge on any atom is -0.508 e. The van der Waals surface area contributed by atoms with Crippen LogP contribution < -0.4 is 57.2 Å². The van der Waals surface area contributed by atoms with Gasteiger partial charge in [0.25, 0.3) is 0 Å². The molecule has 554 valence electrons. The molecule has 35 heteroatoms. The number of likely N-dealkylation sites (N-methyl/N-ethyl adjacent to an activating group) is 2. The minimum absolute atomic E-state index is 0.0911. The van der Waals surface area contributed by atoms with E-state index in [0.29, 0.717) is 0 Å². The predicted octanol–water partition coefficient (Wildman–Crippen LogP) is 0.709. The van der Waals surface area contributed by atoms with Gasteiger partial charge in [0.05, 0.1) is 41.3 Å². The molecule has 7 aliphatic heterocycles. The van der Waals surface area contributed by atoms with Gasteiger partial charge >= 0.3 is 5.97 Å². The normalized spacial score (nSPS) is 29.2. The molecule has 7 aliphatic rings. The molecular weight excluding hydrogens is 1400 g/mol. The summed E-state index contributed by atoms with van der Waals surface area (Å²) in [5.41, 5.74) is 1.86. The number of hydrogen-bond acceptors (Lipinski definition) is 25. The number of benzene rings is 5. The molecule has 2 saturated heterocycles. The van der Waals surface area contributed by atoms with Gasteiger partial charge in [-0.05, 0) is 124 Å². The summed E-state index contributed by atoms with van der Waals surface area (Å²) in [5.74, 6) is -15.8. The molecule has 18 atom stereocenters. The van der Waals surface area contributed by atoms with Gasteiger partial charge in [0.1, 0.15) is 89.5 Å². The van der Waals surface area contributed by atoms with E-state index in [1.165, 1.54) is 12.1 Å². The third-order valence-corrected chi connectivity index (χ3v) is 19.1. The van der Waals surface area contributed by atoms with Gasteiger partial charge in [-0.15, -0.1) is 0 Å². The van der Waals surface area contributed by atoms with E-state index in [-0.39, 0.29) is 52.0 Å². The van der Waals surface area contributed by atoms with Crippen molar-refractivity contribution in [2.75, 3.05) is 27.7 Å². The van der Waals surface area contributed by atoms with Crippen LogP contribution in [0.2, 0.25) is 10.0 Å². The lowest BCUT2D eigenvalue weighted by molar-refractivity contribution is -0.334. The number of carboxylic acid groups (broad SMARTS) is 1. The summed E-state index contributed by atoms with van der Waals surface area (Å²) in [6.45, 7) is 5.95. The molecule has 103 heavy (non-hydrogen) atoms. The maximum absolute atomic E-state index is 16.1. The van der Waals surface area contributed by atoms with E-state index < -0.39 is 231 Å². The second-order valence-corrected chi connectivity index (χ2v) is 27.3. The Kier molecular flexibility index (Phi) is 23.0. The number of carbonyl (C=O) groups excluding carboxylic acids is 7. The third-order valence-electron chi connectivity index (χ3n) is 18.6. The first-order chi connectivity index (χ1) is 48.6. The summed E-state index contributed by atoms with van der Waals surface area (Å²) < 4.78 is 38.7. The van der Waals surface area contributed by atoms with Gasteiger partial charge in [0.2, 0.25) is 53.4 Å². The molecule has 7 heterocycles. The zero-order valence-electron chi connectivity index (χ0n) is 56.2. The van der Waals surface area contributed by atoms with Crippen LogP contribution in [0.5, 0.6) is 46.0 Å². The molecule has 33 nitrogen and oxygen atoms in total. The molecule has 19 N–H and O–H groups in total. The maximum atomic E-state index is 16.1. The lowest BCUT2D eigenvalue weighted by Crippen LogP contribution is -2.65. The number of rotatable bonds is 14. The van der Waals surface area contributed by atoms with Crippen LogP contribution in [0.25, 0.3) is 11.1 Å². The number of aliphatic hydroxyl groups is 6. The third kappa shape index (κ3) is 16.1. The first-order valence-electron chi connectivity index (χ1n) is 32.4. The van der Waals surface area contributed by atoms with Crippen molar-refractivity contribution in [1.29, 1.82) is 0 Å². The topological polar surface area (TPSA) is 508 Å². The Morgan fingerprint density at radius 1 is 0.718 bits per heavy atom. The number of hydrogen-bond donors (Lipinski definition) is 18. The number of carboxylic acids is 1. The Morgan fingerprint density at radius 2 is 1.32 bits per heavy atom. The van der Waals surface area contributed by atoms with Crippen LogP contribution in [0.15, 0.2) is 78.9 Å². The fourth-order valence-electron chi connectivity index (χ4n) is 12.9. The number of nitrogens with one attached hydrogen (secondary N) is 7. The van der Waals surface area contributed by atoms with Crippen LogP contribution in [-0.2, 0) is 52.6 Å². The average molecular weight is 1480 g/mol. The number of aromatic hydroxyl groups is 3. The van der Waals surface area contributed by atoms with Gasteiger partial charge in [0.15, 0.2) is 29.9 Å². The zero-order valence-corrected chi connectivity index (χ0v) is 57.7. The number of ether oxygens (including phenoxy) is 6. The molecule has 12 rings (SSSR count). The van der Waals surface area contributed by atoms with E-state index >= 15 is 14.4 Å². The van der Waals surface area contributed by atoms with Crippen molar-refractivity contribution < 1.29 is 118 Å². The summed E-state index contributed by atoms with van der Waals surface area (Å²) in [6, 6.07) is -0.471. The van der Waals surface area contributed by atoms with Gasteiger partial charge < -0.3 is 122 Å². The largest absolute Gasteiger partial charge is 0.508 e. The van der Waals surface area contributed by atoms with Crippen LogP contribution in [0.1, 0.15) is 105 Å². The van der Waals surface area contributed by atoms with Crippen molar-refractivity contribution in [3.05, 3.63) is 117 Å². The van der Waals surface area contributed by atoms with Gasteiger partial charge in [-0.2, -0.15) is 0 Å². The van der Waals surface area contributed by atoms with Crippen molar-refractivity contribution in [1.82, 2.24) is 42.1 Å². The number of phenols is 3. The van der Waals surface area contributed by atoms with Crippen LogP contribution in [0.4, 0.5) is 0 Å². The molecule has 0 aromatic heterocycles. The molecule has 0 radical (unpaired) electrons. The lowest BCUT2D eigenvalue weighted by Gasteiger charge is -2.48. The monoisotopic (exact) mass is 1480 g/mol. The lowest BCUT2D eigenvalue weighted by atomic mass is 9.85. The summed E-state index contributed by atoms with van der Waals surface area (Å²) in [4.78, 5) is 119. The summed E-state index contributed by atoms with van der Waals surface area (Å²) in [7, 11) is 4.78. The second-order valence-electron chi connectivity index (χ2n) is 26.5. The Hall–Kier alpha value is -9.20. The predicted molar refractivity (Wildman–Crippen MR) is 359 cm³/mol. The fraction of sp³-hybridized carbons (Fsp3) is 0.441. The Bertz CT molecular complexity index is 4130. The van der Waals surface area contributed by atoms with Crippen LogP contribution >= 0.6 is 23.2 Å². The molecule has 5 aromatic rings. The number of carbonyl (C=O) groups is 8. The second kappa shape index (κ2) is 31.0. The van der Waals surface area contributed by atoms with Crippen LogP contribution in [0.3, 0.4) is 0 Å². The molecule has 0 aliphatic carbocycles. The average Bonchev–Trinajstić information content (AvgIpc) is 0.782. The van der Waals surface area contributed by atoms with Crippen molar-refractivity contribution in [2.24, 2.45) is 11.7 Å². The number of aliphatic hydroxyl groups excluding tert-OH is 6. The van der Waals surface area contributed by atoms with Gasteiger partial charge in [-0.1, -0.05) is 55.2 Å². The number of nitrogens with two attached hydrogens (primary N) is 1. The summed E-state index contributed by atoms with van der Waals surface area (Å²) >= 11 is 14.2. The van der Waals surface area contributed by atoms with Gasteiger partial charge in [-0.25, -0.2) is 4.79 Å². The first-order valence-corrected chi connectivity index (χ1v) is 33.2. The molecule has 2 fully saturated rings. The van der Waals surface area contributed by atoms with Crippen LogP contribution in [-0.4, -0.2) is 210 Å². The summed E-state index contributed by atoms with van der Waals surface area (Å²) in [6.07, 6.45) is -18.0. The standard InChI is InChI=1S/C68H79Cl2N9O24/c1-25(2)14-37(79(6)7)61(91)77-51-53(85)28-9-12-40(34(69)16-28)99-42-18-30-19-43(57(42)103-67-58(56(88)55(87)44(24-80)101-67)102-46-23-68(4,72-5)59(89)26(3)98-46)100-41-13-10-29(17-35(41)70)54(86)52-65(95)76-50(66(96)97)33-20-31(81)21-39(83)47(33)32-15-27(8-11-38(32)82)48(62(92)78-52)75-63(93)49(30)74-60(90)36(22-45(71)84)73-64(51)94/h8-13,15-21,25-26,36-37,44,46,48-56,58-59,67,72,80-83,85-89H,14,22-24H2,1-7H3,(H2,71,84)(H,73,94)(H,74,90)(H,75,93)(H,76,95)(H,77,91)(H,78,92)(H,96,97)/t26?,36-,37+,44?,46?,48+,49+,50+,51+,52-,53+,54+,55?,56?,58?,59?,67?,68?/m0/s1. The highest BCUT2D eigenvalue weighted by atomic mass is 35.5. The highest BCUT2D eigenvalue weighted by molar-refractivity contribution is 6.32. The van der Waals surface area contributed by atoms with E-state index in [4.69, 9.17) is 57.4 Å². The van der Waals surface area contributed by atoms with Crippen molar-refractivity contribution in [3.8, 4) is 57.1 Å². The first kappa shape index (κ1) is 76.4. The Balaban J connectivity index is 1.24. The number of phenolic OH excluding ortho intramolecular Hbond substituents is 3. The maximum Gasteiger partial charge on any atom is 0.330 e. The molecule has 0 saturated carbocycles. The minimum atomic E-state index is -2.34. The van der Waals surface area contributed by atoms with Crippen molar-refractivity contribution in [3.63, 3.8) is 0 Å². The number of halogens is 2. The summed E-state index contributed by atoms with van der Waals surface area (Å²) in [5, 5.41) is 132. The number of aliphatic carboxylic acids is 1. The SMILES string of the molecule is CNC1(C)CC(OC2C(Oc3c4cc5cc3Oc3ccc(cc3Cl)[C@@H](O)[C@@H](NC(=O)[C@@H](CC(C)C)N(C)C)C(=O)N[C@@H](CC(N)=O)C(=O)N[C@H]5C(=O)N[C@H]3C(=O)N[C@H](C(=O)N[C@@H](C(=O)O)c5cc(O)cc(O)c5-c5cc3ccc5O)[C@H](O)c3ccc(c(Cl)c3)O4)OC(CO)C(O)C2O)OC(C)C1O.